The van der Waals surface area contributed by atoms with Crippen LogP contribution in [0.5, 0.6) is 0 Å². The van der Waals surface area contributed by atoms with Gasteiger partial charge in [-0.05, 0) is 68.9 Å². The first-order valence-electron chi connectivity index (χ1n) is 10.2. The van der Waals surface area contributed by atoms with Crippen LogP contribution in [0.2, 0.25) is 0 Å². The molecule has 1 aromatic rings. The first-order chi connectivity index (χ1) is 13.1. The third kappa shape index (κ3) is 2.68. The molecule has 3 saturated carbocycles. The molecule has 0 aromatic carbocycles. The predicted octanol–water partition coefficient (Wildman–Crippen LogP) is 2.61. The van der Waals surface area contributed by atoms with Crippen molar-refractivity contribution in [3.05, 3.63) is 24.5 Å². The third-order valence-corrected chi connectivity index (χ3v) is 7.32. The van der Waals surface area contributed by atoms with Crippen molar-refractivity contribution >= 4 is 23.4 Å². The van der Waals surface area contributed by atoms with Gasteiger partial charge in [0.1, 0.15) is 0 Å². The summed E-state index contributed by atoms with van der Waals surface area (Å²) in [4.78, 5) is 44.0. The molecule has 3 amide bonds. The van der Waals surface area contributed by atoms with Gasteiger partial charge in [-0.2, -0.15) is 0 Å². The molecule has 6 nitrogen and oxygen atoms in total. The highest BCUT2D eigenvalue weighted by Gasteiger charge is 2.61. The molecule has 4 atom stereocenters. The first-order valence-corrected chi connectivity index (χ1v) is 10.2. The number of nitrogens with one attached hydrogen (secondary N) is 1. The van der Waals surface area contributed by atoms with E-state index in [-0.39, 0.29) is 41.5 Å². The van der Waals surface area contributed by atoms with Gasteiger partial charge in [0.25, 0.3) is 0 Å². The van der Waals surface area contributed by atoms with E-state index in [1.807, 2.05) is 6.07 Å². The molecule has 27 heavy (non-hydrogen) atoms. The summed E-state index contributed by atoms with van der Waals surface area (Å²) >= 11 is 0. The van der Waals surface area contributed by atoms with Crippen LogP contribution in [0.1, 0.15) is 44.9 Å². The van der Waals surface area contributed by atoms with E-state index in [1.54, 1.807) is 23.4 Å². The van der Waals surface area contributed by atoms with E-state index in [9.17, 15) is 14.4 Å². The molecule has 4 aliphatic rings. The van der Waals surface area contributed by atoms with Crippen LogP contribution in [0.4, 0.5) is 5.69 Å². The van der Waals surface area contributed by atoms with E-state index in [1.165, 1.54) is 0 Å². The number of nitrogens with zero attached hydrogens (tertiary/aromatic N) is 2. The lowest BCUT2D eigenvalue weighted by Gasteiger charge is -2.33. The van der Waals surface area contributed by atoms with Gasteiger partial charge in [0.2, 0.25) is 17.7 Å². The normalized spacial score (nSPS) is 37.6. The molecule has 2 bridgehead atoms. The monoisotopic (exact) mass is 367 g/mol. The van der Waals surface area contributed by atoms with Crippen LogP contribution in [0.15, 0.2) is 24.5 Å². The average molecular weight is 367 g/mol. The van der Waals surface area contributed by atoms with Crippen LogP contribution in [0.3, 0.4) is 0 Å². The Hall–Kier alpha value is -2.24. The molecule has 1 aromatic heterocycles. The van der Waals surface area contributed by atoms with Crippen LogP contribution in [0.25, 0.3) is 0 Å². The Bertz CT molecular complexity index is 744. The van der Waals surface area contributed by atoms with Gasteiger partial charge < -0.3 is 5.32 Å². The molecular formula is C21H25N3O3. The van der Waals surface area contributed by atoms with Gasteiger partial charge in [-0.15, -0.1) is 0 Å². The lowest BCUT2D eigenvalue weighted by atomic mass is 9.81. The summed E-state index contributed by atoms with van der Waals surface area (Å²) in [5.74, 6) is 0.901. The molecule has 142 valence electrons. The Morgan fingerprint density at radius 2 is 1.67 bits per heavy atom. The fourth-order valence-electron chi connectivity index (χ4n) is 6.07. The summed E-state index contributed by atoms with van der Waals surface area (Å²) in [6.45, 7) is 0. The Kier molecular flexibility index (Phi) is 4.02. The number of carbonyl (C=O) groups is 3. The molecule has 1 saturated heterocycles. The maximum Gasteiger partial charge on any atom is 0.233 e. The van der Waals surface area contributed by atoms with Gasteiger partial charge in [-0.1, -0.05) is 0 Å². The van der Waals surface area contributed by atoms with Crippen molar-refractivity contribution in [3.63, 3.8) is 0 Å². The highest BCUT2D eigenvalue weighted by molar-refractivity contribution is 6.06. The van der Waals surface area contributed by atoms with Crippen molar-refractivity contribution < 1.29 is 14.4 Å². The number of fused-ring (bicyclic) bond motifs is 5. The van der Waals surface area contributed by atoms with Crippen LogP contribution in [-0.2, 0) is 14.4 Å². The molecule has 0 spiro atoms. The number of rotatable bonds is 3. The second-order valence-electron chi connectivity index (χ2n) is 8.67. The van der Waals surface area contributed by atoms with E-state index in [2.05, 4.69) is 10.3 Å². The fourth-order valence-corrected chi connectivity index (χ4v) is 6.07. The molecule has 1 aliphatic heterocycles. The summed E-state index contributed by atoms with van der Waals surface area (Å²) in [6, 6.07) is 3.60. The molecular weight excluding hydrogens is 342 g/mol. The largest absolute Gasteiger partial charge is 0.324 e. The molecule has 3 aliphatic carbocycles. The van der Waals surface area contributed by atoms with E-state index in [0.717, 1.165) is 44.9 Å². The Balaban J connectivity index is 1.22. The van der Waals surface area contributed by atoms with Gasteiger partial charge in [-0.3, -0.25) is 24.3 Å². The fraction of sp³-hybridized carbons (Fsp3) is 0.619. The molecule has 2 heterocycles. The van der Waals surface area contributed by atoms with Gasteiger partial charge in [0, 0.05) is 18.2 Å². The number of hydrogen-bond donors (Lipinski definition) is 1. The van der Waals surface area contributed by atoms with Crippen molar-refractivity contribution in [1.29, 1.82) is 0 Å². The number of pyridine rings is 1. The number of aromatic nitrogens is 1. The molecule has 4 fully saturated rings. The molecule has 6 heteroatoms. The zero-order valence-electron chi connectivity index (χ0n) is 15.3. The van der Waals surface area contributed by atoms with Gasteiger partial charge in [0.15, 0.2) is 0 Å². The number of carbonyl (C=O) groups excluding carboxylic acids is 3. The highest BCUT2D eigenvalue weighted by atomic mass is 16.2. The van der Waals surface area contributed by atoms with E-state index in [0.29, 0.717) is 17.5 Å². The van der Waals surface area contributed by atoms with Gasteiger partial charge in [-0.25, -0.2) is 0 Å². The minimum atomic E-state index is -0.0649. The standard InChI is InChI=1S/C21H25N3O3/c25-19(23-15-2-1-9-22-11-15)12-5-7-16(8-6-12)24-20(26)17-13-3-4-14(10-13)18(17)21(24)27/h1-2,9,11-14,16-18H,3-8,10H2,(H,23,25)/t12?,13-,14+,16?,17-,18+. The lowest BCUT2D eigenvalue weighted by Crippen LogP contribution is -2.44. The van der Waals surface area contributed by atoms with Crippen molar-refractivity contribution in [2.24, 2.45) is 29.6 Å². The van der Waals surface area contributed by atoms with Crippen LogP contribution >= 0.6 is 0 Å². The van der Waals surface area contributed by atoms with Crippen LogP contribution in [0, 0.1) is 29.6 Å². The molecule has 0 radical (unpaired) electrons. The van der Waals surface area contributed by atoms with Crippen LogP contribution in [-0.4, -0.2) is 33.6 Å². The first kappa shape index (κ1) is 16.9. The topological polar surface area (TPSA) is 79.4 Å². The Morgan fingerprint density at radius 3 is 2.26 bits per heavy atom. The SMILES string of the molecule is O=C(Nc1cccnc1)C1CCC(N2C(=O)[C@@H]3[C@@H]4CC[C@@H](C4)[C@@H]3C2=O)CC1. The highest BCUT2D eigenvalue weighted by Crippen LogP contribution is 2.56. The Morgan fingerprint density at radius 1 is 1.00 bits per heavy atom. The number of likely N-dealkylation sites (tertiary alicyclic amines) is 1. The molecule has 0 unspecified atom stereocenters. The molecule has 1 N–H and O–H groups in total. The minimum absolute atomic E-state index is 0.00967. The number of imide groups is 1. The second kappa shape index (κ2) is 6.43. The summed E-state index contributed by atoms with van der Waals surface area (Å²) in [7, 11) is 0. The smallest absolute Gasteiger partial charge is 0.233 e. The van der Waals surface area contributed by atoms with Crippen LogP contribution < -0.4 is 5.32 Å². The van der Waals surface area contributed by atoms with Crippen molar-refractivity contribution in [1.82, 2.24) is 9.88 Å². The second-order valence-corrected chi connectivity index (χ2v) is 8.67. The van der Waals surface area contributed by atoms with Crippen molar-refractivity contribution in [2.45, 2.75) is 51.0 Å². The van der Waals surface area contributed by atoms with Crippen molar-refractivity contribution in [2.75, 3.05) is 5.32 Å². The summed E-state index contributed by atoms with van der Waals surface area (Å²) in [5, 5.41) is 2.92. The molecule has 5 rings (SSSR count). The summed E-state index contributed by atoms with van der Waals surface area (Å²) in [6.07, 6.45) is 9.51. The zero-order chi connectivity index (χ0) is 18.5. The average Bonchev–Trinajstić information content (AvgIpc) is 3.37. The number of anilines is 1. The number of hydrogen-bond acceptors (Lipinski definition) is 4. The van der Waals surface area contributed by atoms with E-state index >= 15 is 0 Å². The van der Waals surface area contributed by atoms with Gasteiger partial charge in [0.05, 0.1) is 23.7 Å². The summed E-state index contributed by atoms with van der Waals surface area (Å²) < 4.78 is 0. The summed E-state index contributed by atoms with van der Waals surface area (Å²) in [5.41, 5.74) is 0.706. The number of amides is 3. The van der Waals surface area contributed by atoms with Gasteiger partial charge >= 0.3 is 0 Å². The predicted molar refractivity (Wildman–Crippen MR) is 98.3 cm³/mol. The quantitative estimate of drug-likeness (QED) is 0.833. The lowest BCUT2D eigenvalue weighted by molar-refractivity contribution is -0.144. The van der Waals surface area contributed by atoms with E-state index in [4.69, 9.17) is 0 Å². The maximum atomic E-state index is 13.0. The van der Waals surface area contributed by atoms with E-state index < -0.39 is 0 Å². The zero-order valence-corrected chi connectivity index (χ0v) is 15.3. The Labute approximate surface area is 158 Å². The minimum Gasteiger partial charge on any atom is -0.324 e. The third-order valence-electron chi connectivity index (χ3n) is 7.32. The maximum absolute atomic E-state index is 13.0. The van der Waals surface area contributed by atoms with Crippen molar-refractivity contribution in [3.8, 4) is 0 Å².